The van der Waals surface area contributed by atoms with Gasteiger partial charge in [-0.1, -0.05) is 19.6 Å². The molecule has 2 amide bonds. The van der Waals surface area contributed by atoms with Gasteiger partial charge in [-0.05, 0) is 12.5 Å². The van der Waals surface area contributed by atoms with Crippen molar-refractivity contribution < 1.29 is 28.5 Å². The topological polar surface area (TPSA) is 95.1 Å². The third kappa shape index (κ3) is 3.78. The predicted molar refractivity (Wildman–Crippen MR) is 82.8 cm³/mol. The van der Waals surface area contributed by atoms with Crippen LogP contribution in [0.5, 0.6) is 0 Å². The number of ether oxygens (including phenoxy) is 4. The lowest BCUT2D eigenvalue weighted by molar-refractivity contribution is -0.163. The number of fused-ring (bicyclic) bond motifs is 2. The van der Waals surface area contributed by atoms with Crippen molar-refractivity contribution >= 4 is 20.3 Å². The Labute approximate surface area is 136 Å². The number of amides is 2. The van der Waals surface area contributed by atoms with E-state index in [9.17, 15) is 9.59 Å². The maximum Gasteiger partial charge on any atom is 0.407 e. The van der Waals surface area contributed by atoms with Gasteiger partial charge in [-0.3, -0.25) is 0 Å². The van der Waals surface area contributed by atoms with Crippen molar-refractivity contribution in [2.45, 2.75) is 62.5 Å². The lowest BCUT2D eigenvalue weighted by Crippen LogP contribution is -2.58. The van der Waals surface area contributed by atoms with E-state index in [-0.39, 0.29) is 18.9 Å². The molecule has 2 saturated heterocycles. The Hall–Kier alpha value is -1.32. The molecule has 130 valence electrons. The number of carbonyl (C=O) groups is 2. The van der Waals surface area contributed by atoms with Gasteiger partial charge in [-0.2, -0.15) is 0 Å². The van der Waals surface area contributed by atoms with Gasteiger partial charge in [0.1, 0.15) is 12.9 Å². The van der Waals surface area contributed by atoms with Crippen LogP contribution in [0.4, 0.5) is 9.59 Å². The van der Waals surface area contributed by atoms with E-state index in [1.165, 1.54) is 0 Å². The Kier molecular flexibility index (Phi) is 4.52. The van der Waals surface area contributed by atoms with Crippen molar-refractivity contribution in [2.75, 3.05) is 13.4 Å². The van der Waals surface area contributed by atoms with Gasteiger partial charge < -0.3 is 29.6 Å². The number of rotatable bonds is 6. The lowest BCUT2D eigenvalue weighted by atomic mass is 9.85. The first-order chi connectivity index (χ1) is 10.8. The first kappa shape index (κ1) is 16.5. The van der Waals surface area contributed by atoms with Crippen LogP contribution in [0.1, 0.15) is 6.42 Å². The fourth-order valence-corrected chi connectivity index (χ4v) is 3.90. The Morgan fingerprint density at radius 2 is 1.65 bits per heavy atom. The van der Waals surface area contributed by atoms with E-state index in [0.29, 0.717) is 13.0 Å². The molecule has 4 unspecified atom stereocenters. The Morgan fingerprint density at radius 3 is 2.17 bits per heavy atom. The van der Waals surface area contributed by atoms with Crippen LogP contribution in [0.3, 0.4) is 0 Å². The third-order valence-electron chi connectivity index (χ3n) is 4.38. The summed E-state index contributed by atoms with van der Waals surface area (Å²) in [5.41, 5.74) is 0. The number of carbonyl (C=O) groups excluding carboxylic acids is 2. The summed E-state index contributed by atoms with van der Waals surface area (Å²) in [6.07, 6.45) is -1.79. The molecule has 2 heterocycles. The minimum Gasteiger partial charge on any atom is -0.441 e. The van der Waals surface area contributed by atoms with Gasteiger partial charge >= 0.3 is 12.2 Å². The molecule has 1 aliphatic carbocycles. The van der Waals surface area contributed by atoms with E-state index in [4.69, 9.17) is 18.9 Å². The zero-order valence-corrected chi connectivity index (χ0v) is 14.7. The summed E-state index contributed by atoms with van der Waals surface area (Å²) in [5, 5.41) is 5.50. The minimum absolute atomic E-state index is 0.0939. The highest BCUT2D eigenvalue weighted by Gasteiger charge is 2.55. The van der Waals surface area contributed by atoms with Crippen LogP contribution in [-0.2, 0) is 18.9 Å². The summed E-state index contributed by atoms with van der Waals surface area (Å²) in [7, 11) is -1.15. The molecule has 0 spiro atoms. The maximum atomic E-state index is 11.5. The third-order valence-corrected chi connectivity index (χ3v) is 6.09. The molecule has 0 aromatic heterocycles. The zero-order chi connectivity index (χ0) is 16.6. The average molecular weight is 344 g/mol. The quantitative estimate of drug-likeness (QED) is 0.425. The molecule has 3 aliphatic rings. The van der Waals surface area contributed by atoms with E-state index in [1.807, 2.05) is 0 Å². The van der Waals surface area contributed by atoms with Gasteiger partial charge in [0.25, 0.3) is 0 Å². The first-order valence-corrected chi connectivity index (χ1v) is 11.7. The first-order valence-electron chi connectivity index (χ1n) is 7.97. The molecule has 8 nitrogen and oxygen atoms in total. The standard InChI is InChI=1S/C14H24N2O6Si/c1-23(2,3)5-4-19-7-20-12-10-8(15-13(17)21-10)6-9-11(12)22-14(18)16-9/h8-12H,4-7H2,1-3H3,(H,15,17)(H,16,18). The van der Waals surface area contributed by atoms with E-state index in [0.717, 1.165) is 6.04 Å². The number of hydrogen-bond donors (Lipinski definition) is 2. The molecular weight excluding hydrogens is 320 g/mol. The summed E-state index contributed by atoms with van der Waals surface area (Å²) in [6, 6.07) is 0.683. The molecule has 3 rings (SSSR count). The van der Waals surface area contributed by atoms with Crippen LogP contribution in [0.25, 0.3) is 0 Å². The van der Waals surface area contributed by atoms with Gasteiger partial charge in [-0.25, -0.2) is 9.59 Å². The molecule has 2 N–H and O–H groups in total. The second kappa shape index (κ2) is 6.29. The minimum atomic E-state index is -1.15. The summed E-state index contributed by atoms with van der Waals surface area (Å²) in [6.45, 7) is 7.57. The highest BCUT2D eigenvalue weighted by atomic mass is 28.3. The van der Waals surface area contributed by atoms with Gasteiger partial charge in [0.05, 0.1) is 12.1 Å². The average Bonchev–Trinajstić information content (AvgIpc) is 2.97. The van der Waals surface area contributed by atoms with E-state index < -0.39 is 38.6 Å². The fraction of sp³-hybridized carbons (Fsp3) is 0.857. The molecule has 2 aliphatic heterocycles. The monoisotopic (exact) mass is 344 g/mol. The predicted octanol–water partition coefficient (Wildman–Crippen LogP) is 1.04. The van der Waals surface area contributed by atoms with Crippen molar-refractivity contribution in [1.29, 1.82) is 0 Å². The number of alkyl carbamates (subject to hydrolysis) is 2. The molecule has 0 aromatic rings. The molecule has 0 bridgehead atoms. The van der Waals surface area contributed by atoms with E-state index in [1.54, 1.807) is 0 Å². The van der Waals surface area contributed by atoms with Crippen molar-refractivity contribution in [3.63, 3.8) is 0 Å². The smallest absolute Gasteiger partial charge is 0.407 e. The molecule has 23 heavy (non-hydrogen) atoms. The highest BCUT2D eigenvalue weighted by Crippen LogP contribution is 2.33. The fourth-order valence-electron chi connectivity index (χ4n) is 3.14. The van der Waals surface area contributed by atoms with E-state index >= 15 is 0 Å². The van der Waals surface area contributed by atoms with Crippen LogP contribution in [-0.4, -0.2) is 64.1 Å². The molecule has 9 heteroatoms. The van der Waals surface area contributed by atoms with Crippen LogP contribution in [0.2, 0.25) is 25.7 Å². The van der Waals surface area contributed by atoms with Gasteiger partial charge in [0.2, 0.25) is 0 Å². The molecule has 4 atom stereocenters. The van der Waals surface area contributed by atoms with Crippen molar-refractivity contribution in [3.8, 4) is 0 Å². The number of nitrogens with one attached hydrogen (secondary N) is 2. The molecule has 0 radical (unpaired) electrons. The second-order valence-corrected chi connectivity index (χ2v) is 13.1. The Morgan fingerprint density at radius 1 is 1.09 bits per heavy atom. The Bertz CT molecular complexity index is 452. The van der Waals surface area contributed by atoms with Crippen molar-refractivity contribution in [3.05, 3.63) is 0 Å². The van der Waals surface area contributed by atoms with Crippen molar-refractivity contribution in [1.82, 2.24) is 10.6 Å². The van der Waals surface area contributed by atoms with Crippen LogP contribution in [0.15, 0.2) is 0 Å². The Balaban J connectivity index is 1.56. The summed E-state index contributed by atoms with van der Waals surface area (Å²) in [4.78, 5) is 23.0. The molecule has 0 aromatic carbocycles. The number of hydrogen-bond acceptors (Lipinski definition) is 6. The van der Waals surface area contributed by atoms with Gasteiger partial charge in [0.15, 0.2) is 12.2 Å². The van der Waals surface area contributed by atoms with Crippen molar-refractivity contribution in [2.24, 2.45) is 0 Å². The maximum absolute atomic E-state index is 11.5. The van der Waals surface area contributed by atoms with Crippen LogP contribution < -0.4 is 10.6 Å². The van der Waals surface area contributed by atoms with E-state index in [2.05, 4.69) is 30.3 Å². The molecule has 1 saturated carbocycles. The highest BCUT2D eigenvalue weighted by molar-refractivity contribution is 6.76. The molecule has 3 fully saturated rings. The van der Waals surface area contributed by atoms with Gasteiger partial charge in [0, 0.05) is 14.7 Å². The summed E-state index contributed by atoms with van der Waals surface area (Å²) >= 11 is 0. The van der Waals surface area contributed by atoms with Crippen LogP contribution >= 0.6 is 0 Å². The van der Waals surface area contributed by atoms with Gasteiger partial charge in [-0.15, -0.1) is 0 Å². The zero-order valence-electron chi connectivity index (χ0n) is 13.7. The largest absolute Gasteiger partial charge is 0.441 e. The summed E-state index contributed by atoms with van der Waals surface area (Å²) in [5.74, 6) is 0. The summed E-state index contributed by atoms with van der Waals surface area (Å²) < 4.78 is 21.9. The normalized spacial score (nSPS) is 35.7. The molecular formula is C14H24N2O6Si. The lowest BCUT2D eigenvalue weighted by Gasteiger charge is -2.37. The van der Waals surface area contributed by atoms with Crippen LogP contribution in [0, 0.1) is 0 Å². The SMILES string of the molecule is C[Si](C)(C)CCOCOC1C2OC(=O)NC2CC2NC(=O)OC21. The second-order valence-electron chi connectivity index (χ2n) is 7.45.